The van der Waals surface area contributed by atoms with E-state index in [1.807, 2.05) is 20.8 Å². The summed E-state index contributed by atoms with van der Waals surface area (Å²) in [5, 5.41) is 3.67. The average Bonchev–Trinajstić information content (AvgIpc) is 2.70. The number of nitrogens with zero attached hydrogens (tertiary/aromatic N) is 1. The van der Waals surface area contributed by atoms with Crippen molar-refractivity contribution in [1.29, 1.82) is 0 Å². The number of halogens is 3. The van der Waals surface area contributed by atoms with Gasteiger partial charge in [-0.1, -0.05) is 68.2 Å². The smallest absolute Gasteiger partial charge is 0.242 e. The molecule has 30 heavy (non-hydrogen) atoms. The first-order valence-corrected chi connectivity index (χ1v) is 10.7. The highest BCUT2D eigenvalue weighted by Gasteiger charge is 2.29. The number of rotatable bonds is 9. The van der Waals surface area contributed by atoms with Gasteiger partial charge in [-0.3, -0.25) is 9.59 Å². The van der Waals surface area contributed by atoms with Gasteiger partial charge in [-0.05, 0) is 41.7 Å². The molecule has 0 spiro atoms. The molecule has 4 nitrogen and oxygen atoms in total. The Kier molecular flexibility index (Phi) is 9.12. The first-order valence-electron chi connectivity index (χ1n) is 9.97. The highest BCUT2D eigenvalue weighted by molar-refractivity contribution is 6.42. The lowest BCUT2D eigenvalue weighted by Crippen LogP contribution is -2.50. The Bertz CT molecular complexity index is 889. The van der Waals surface area contributed by atoms with Crippen LogP contribution in [0.15, 0.2) is 42.5 Å². The molecule has 1 atom stereocenters. The summed E-state index contributed by atoms with van der Waals surface area (Å²) in [6.45, 7) is 6.52. The minimum absolute atomic E-state index is 0.137. The third kappa shape index (κ3) is 6.71. The molecule has 0 unspecified atom stereocenters. The number of amides is 2. The molecule has 0 saturated carbocycles. The van der Waals surface area contributed by atoms with Gasteiger partial charge >= 0.3 is 0 Å². The average molecular weight is 453 g/mol. The molecule has 0 aromatic heterocycles. The third-order valence-corrected chi connectivity index (χ3v) is 5.45. The molecule has 162 valence electrons. The standard InChI is InChI=1S/C23H27Cl2FN2O2/c1-4-21(23(30)27-13-15(2)3)28(14-16-9-10-18(24)19(25)11-16)22(29)12-17-7-5-6-8-20(17)26/h5-11,15,21H,4,12-14H2,1-3H3,(H,27,30)/t21-/m1/s1. The quantitative estimate of drug-likeness (QED) is 0.564. The Morgan fingerprint density at radius 3 is 2.40 bits per heavy atom. The monoisotopic (exact) mass is 452 g/mol. The fourth-order valence-electron chi connectivity index (χ4n) is 3.08. The van der Waals surface area contributed by atoms with E-state index >= 15 is 0 Å². The first kappa shape index (κ1) is 24.2. The molecule has 0 aliphatic carbocycles. The van der Waals surface area contributed by atoms with Crippen molar-refractivity contribution >= 4 is 35.0 Å². The number of hydrogen-bond donors (Lipinski definition) is 1. The molecule has 2 aromatic rings. The first-order chi connectivity index (χ1) is 14.2. The van der Waals surface area contributed by atoms with E-state index in [1.165, 1.54) is 11.0 Å². The zero-order valence-electron chi connectivity index (χ0n) is 17.4. The predicted molar refractivity (Wildman–Crippen MR) is 119 cm³/mol. The molecule has 0 saturated heterocycles. The molecule has 0 heterocycles. The number of carbonyl (C=O) groups is 2. The molecule has 7 heteroatoms. The maximum atomic E-state index is 14.1. The number of carbonyl (C=O) groups excluding carboxylic acids is 2. The lowest BCUT2D eigenvalue weighted by molar-refractivity contribution is -0.141. The SMILES string of the molecule is CC[C@H](C(=O)NCC(C)C)N(Cc1ccc(Cl)c(Cl)c1)C(=O)Cc1ccccc1F. The lowest BCUT2D eigenvalue weighted by atomic mass is 10.1. The van der Waals surface area contributed by atoms with E-state index in [0.29, 0.717) is 28.6 Å². The van der Waals surface area contributed by atoms with Crippen molar-refractivity contribution in [1.82, 2.24) is 10.2 Å². The fraction of sp³-hybridized carbons (Fsp3) is 0.391. The van der Waals surface area contributed by atoms with Gasteiger partial charge in [-0.15, -0.1) is 0 Å². The van der Waals surface area contributed by atoms with Gasteiger partial charge in [0.05, 0.1) is 16.5 Å². The van der Waals surface area contributed by atoms with E-state index in [4.69, 9.17) is 23.2 Å². The Hall–Kier alpha value is -2.11. The van der Waals surface area contributed by atoms with Crippen molar-refractivity contribution in [2.75, 3.05) is 6.54 Å². The van der Waals surface area contributed by atoms with Gasteiger partial charge in [-0.25, -0.2) is 4.39 Å². The van der Waals surface area contributed by atoms with Gasteiger partial charge in [0, 0.05) is 13.1 Å². The summed E-state index contributed by atoms with van der Waals surface area (Å²) in [6.07, 6.45) is 0.288. The normalized spacial score (nSPS) is 12.0. The summed E-state index contributed by atoms with van der Waals surface area (Å²) in [5.41, 5.74) is 1.03. The molecule has 2 aromatic carbocycles. The maximum Gasteiger partial charge on any atom is 0.242 e. The summed E-state index contributed by atoms with van der Waals surface area (Å²) in [4.78, 5) is 27.5. The molecule has 2 rings (SSSR count). The van der Waals surface area contributed by atoms with Crippen LogP contribution in [-0.4, -0.2) is 29.3 Å². The van der Waals surface area contributed by atoms with Gasteiger partial charge in [0.15, 0.2) is 0 Å². The van der Waals surface area contributed by atoms with Crippen LogP contribution in [0.25, 0.3) is 0 Å². The molecule has 0 fully saturated rings. The van der Waals surface area contributed by atoms with Crippen molar-refractivity contribution in [2.45, 2.75) is 46.2 Å². The largest absolute Gasteiger partial charge is 0.354 e. The van der Waals surface area contributed by atoms with Gasteiger partial charge in [0.25, 0.3) is 0 Å². The highest BCUT2D eigenvalue weighted by Crippen LogP contribution is 2.24. The van der Waals surface area contributed by atoms with Gasteiger partial charge < -0.3 is 10.2 Å². The van der Waals surface area contributed by atoms with Crippen LogP contribution in [0.1, 0.15) is 38.3 Å². The Morgan fingerprint density at radius 1 is 1.10 bits per heavy atom. The van der Waals surface area contributed by atoms with E-state index in [1.54, 1.807) is 36.4 Å². The van der Waals surface area contributed by atoms with Crippen molar-refractivity contribution in [3.05, 3.63) is 69.5 Å². The Labute approximate surface area is 187 Å². The second-order valence-corrected chi connectivity index (χ2v) is 8.42. The summed E-state index contributed by atoms with van der Waals surface area (Å²) < 4.78 is 14.1. The predicted octanol–water partition coefficient (Wildman–Crippen LogP) is 5.25. The molecule has 0 radical (unpaired) electrons. The number of hydrogen-bond acceptors (Lipinski definition) is 2. The van der Waals surface area contributed by atoms with Crippen LogP contribution in [0.4, 0.5) is 4.39 Å². The van der Waals surface area contributed by atoms with Crippen molar-refractivity contribution in [2.24, 2.45) is 5.92 Å². The van der Waals surface area contributed by atoms with Gasteiger partial charge in [0.2, 0.25) is 11.8 Å². The van der Waals surface area contributed by atoms with Crippen LogP contribution in [0.3, 0.4) is 0 Å². The molecule has 1 N–H and O–H groups in total. The summed E-state index contributed by atoms with van der Waals surface area (Å²) in [6, 6.07) is 10.5. The lowest BCUT2D eigenvalue weighted by Gasteiger charge is -2.31. The van der Waals surface area contributed by atoms with E-state index < -0.39 is 11.9 Å². The maximum absolute atomic E-state index is 14.1. The minimum atomic E-state index is -0.683. The van der Waals surface area contributed by atoms with E-state index in [9.17, 15) is 14.0 Å². The topological polar surface area (TPSA) is 49.4 Å². The van der Waals surface area contributed by atoms with Crippen molar-refractivity contribution < 1.29 is 14.0 Å². The van der Waals surface area contributed by atoms with E-state index in [0.717, 1.165) is 5.56 Å². The van der Waals surface area contributed by atoms with Gasteiger partial charge in [0.1, 0.15) is 11.9 Å². The zero-order valence-corrected chi connectivity index (χ0v) is 18.9. The molecule has 0 bridgehead atoms. The van der Waals surface area contributed by atoms with Crippen molar-refractivity contribution in [3.8, 4) is 0 Å². The molecular weight excluding hydrogens is 426 g/mol. The zero-order chi connectivity index (χ0) is 22.3. The van der Waals surface area contributed by atoms with Crippen molar-refractivity contribution in [3.63, 3.8) is 0 Å². The molecule has 0 aliphatic rings. The fourth-order valence-corrected chi connectivity index (χ4v) is 3.40. The number of nitrogens with one attached hydrogen (secondary N) is 1. The van der Waals surface area contributed by atoms with Crippen LogP contribution in [0, 0.1) is 11.7 Å². The summed E-state index contributed by atoms with van der Waals surface area (Å²) in [5.74, 6) is -0.729. The minimum Gasteiger partial charge on any atom is -0.354 e. The molecule has 2 amide bonds. The van der Waals surface area contributed by atoms with Crippen LogP contribution in [0.2, 0.25) is 10.0 Å². The summed E-state index contributed by atoms with van der Waals surface area (Å²) in [7, 11) is 0. The third-order valence-electron chi connectivity index (χ3n) is 4.71. The summed E-state index contributed by atoms with van der Waals surface area (Å²) >= 11 is 12.1. The van der Waals surface area contributed by atoms with Crippen LogP contribution in [-0.2, 0) is 22.6 Å². The van der Waals surface area contributed by atoms with Crippen LogP contribution in [0.5, 0.6) is 0 Å². The van der Waals surface area contributed by atoms with Crippen LogP contribution >= 0.6 is 23.2 Å². The number of benzene rings is 2. The second kappa shape index (κ2) is 11.3. The molecule has 0 aliphatic heterocycles. The highest BCUT2D eigenvalue weighted by atomic mass is 35.5. The van der Waals surface area contributed by atoms with E-state index in [2.05, 4.69) is 5.32 Å². The Morgan fingerprint density at radius 2 is 1.80 bits per heavy atom. The van der Waals surface area contributed by atoms with Gasteiger partial charge in [-0.2, -0.15) is 0 Å². The Balaban J connectivity index is 2.31. The molecular formula is C23H27Cl2FN2O2. The second-order valence-electron chi connectivity index (χ2n) is 7.60. The van der Waals surface area contributed by atoms with Crippen LogP contribution < -0.4 is 5.32 Å². The van der Waals surface area contributed by atoms with E-state index in [-0.39, 0.29) is 30.7 Å².